The van der Waals surface area contributed by atoms with E-state index in [1.807, 2.05) is 12.1 Å². The van der Waals surface area contributed by atoms with Crippen molar-refractivity contribution in [1.29, 1.82) is 0 Å². The van der Waals surface area contributed by atoms with E-state index in [9.17, 15) is 0 Å². The highest BCUT2D eigenvalue weighted by molar-refractivity contribution is 5.62. The van der Waals surface area contributed by atoms with Crippen molar-refractivity contribution in [1.82, 2.24) is 5.32 Å². The van der Waals surface area contributed by atoms with Crippen LogP contribution in [0.3, 0.4) is 0 Å². The van der Waals surface area contributed by atoms with Crippen LogP contribution in [0.2, 0.25) is 0 Å². The van der Waals surface area contributed by atoms with Gasteiger partial charge in [-0.15, -0.1) is 0 Å². The van der Waals surface area contributed by atoms with Crippen molar-refractivity contribution < 1.29 is 14.2 Å². The molecular weight excluding hydrogens is 256 g/mol. The van der Waals surface area contributed by atoms with E-state index >= 15 is 0 Å². The van der Waals surface area contributed by atoms with E-state index in [0.717, 1.165) is 56.4 Å². The number of ether oxygens (including phenoxy) is 3. The van der Waals surface area contributed by atoms with Gasteiger partial charge >= 0.3 is 0 Å². The van der Waals surface area contributed by atoms with Crippen LogP contribution in [0.25, 0.3) is 0 Å². The number of methoxy groups -OCH3 is 2. The zero-order valence-corrected chi connectivity index (χ0v) is 12.4. The SMILES string of the molecule is COCCCOc1ccc(OC)cc1N1CCNCC1. The summed E-state index contributed by atoms with van der Waals surface area (Å²) in [6.07, 6.45) is 0.892. The molecule has 1 heterocycles. The number of benzene rings is 1. The van der Waals surface area contributed by atoms with Crippen molar-refractivity contribution in [2.75, 3.05) is 58.5 Å². The first-order chi connectivity index (χ1) is 9.85. The Bertz CT molecular complexity index is 406. The van der Waals surface area contributed by atoms with E-state index in [1.165, 1.54) is 0 Å². The number of nitrogens with one attached hydrogen (secondary N) is 1. The van der Waals surface area contributed by atoms with Gasteiger partial charge in [0.05, 0.1) is 19.4 Å². The summed E-state index contributed by atoms with van der Waals surface area (Å²) in [7, 11) is 3.40. The van der Waals surface area contributed by atoms with Crippen LogP contribution in [0.15, 0.2) is 18.2 Å². The highest BCUT2D eigenvalue weighted by Gasteiger charge is 2.16. The third kappa shape index (κ3) is 4.02. The second kappa shape index (κ2) is 7.97. The third-order valence-corrected chi connectivity index (χ3v) is 3.37. The summed E-state index contributed by atoms with van der Waals surface area (Å²) in [4.78, 5) is 2.34. The molecular formula is C15H24N2O3. The summed E-state index contributed by atoms with van der Waals surface area (Å²) in [5.41, 5.74) is 1.11. The molecule has 1 fully saturated rings. The van der Waals surface area contributed by atoms with Crippen LogP contribution < -0.4 is 19.7 Å². The number of piperazine rings is 1. The van der Waals surface area contributed by atoms with Crippen molar-refractivity contribution in [2.24, 2.45) is 0 Å². The molecule has 0 bridgehead atoms. The topological polar surface area (TPSA) is 43.0 Å². The molecule has 1 N–H and O–H groups in total. The lowest BCUT2D eigenvalue weighted by molar-refractivity contribution is 0.172. The summed E-state index contributed by atoms with van der Waals surface area (Å²) < 4.78 is 16.3. The Labute approximate surface area is 120 Å². The zero-order valence-electron chi connectivity index (χ0n) is 12.4. The van der Waals surface area contributed by atoms with E-state index in [1.54, 1.807) is 14.2 Å². The van der Waals surface area contributed by atoms with Crippen LogP contribution >= 0.6 is 0 Å². The molecule has 1 aromatic carbocycles. The highest BCUT2D eigenvalue weighted by atomic mass is 16.5. The van der Waals surface area contributed by atoms with E-state index in [4.69, 9.17) is 14.2 Å². The molecule has 0 saturated carbocycles. The number of hydrogen-bond donors (Lipinski definition) is 1. The zero-order chi connectivity index (χ0) is 14.2. The Morgan fingerprint density at radius 3 is 2.65 bits per heavy atom. The maximum Gasteiger partial charge on any atom is 0.142 e. The molecule has 0 radical (unpaired) electrons. The molecule has 1 aromatic rings. The molecule has 112 valence electrons. The van der Waals surface area contributed by atoms with E-state index in [-0.39, 0.29) is 0 Å². The number of nitrogens with zero attached hydrogens (tertiary/aromatic N) is 1. The lowest BCUT2D eigenvalue weighted by atomic mass is 10.2. The predicted octanol–water partition coefficient (Wildman–Crippen LogP) is 1.52. The molecule has 20 heavy (non-hydrogen) atoms. The third-order valence-electron chi connectivity index (χ3n) is 3.37. The van der Waals surface area contributed by atoms with Gasteiger partial charge in [0.1, 0.15) is 11.5 Å². The van der Waals surface area contributed by atoms with Crippen molar-refractivity contribution in [2.45, 2.75) is 6.42 Å². The molecule has 2 rings (SSSR count). The fourth-order valence-electron chi connectivity index (χ4n) is 2.28. The van der Waals surface area contributed by atoms with Gasteiger partial charge in [-0.05, 0) is 12.1 Å². The highest BCUT2D eigenvalue weighted by Crippen LogP contribution is 2.32. The van der Waals surface area contributed by atoms with E-state index < -0.39 is 0 Å². The number of hydrogen-bond acceptors (Lipinski definition) is 5. The Morgan fingerprint density at radius 2 is 1.95 bits per heavy atom. The van der Waals surface area contributed by atoms with Crippen LogP contribution in [0.4, 0.5) is 5.69 Å². The van der Waals surface area contributed by atoms with Crippen molar-refractivity contribution in [3.8, 4) is 11.5 Å². The van der Waals surface area contributed by atoms with Gasteiger partial charge in [-0.2, -0.15) is 0 Å². The summed E-state index contributed by atoms with van der Waals surface area (Å²) >= 11 is 0. The van der Waals surface area contributed by atoms with Crippen LogP contribution in [0, 0.1) is 0 Å². The Balaban J connectivity index is 2.07. The fraction of sp³-hybridized carbons (Fsp3) is 0.600. The first kappa shape index (κ1) is 14.9. The van der Waals surface area contributed by atoms with E-state index in [0.29, 0.717) is 6.61 Å². The standard InChI is InChI=1S/C15H24N2O3/c1-18-10-3-11-20-15-5-4-13(19-2)12-14(15)17-8-6-16-7-9-17/h4-5,12,16H,3,6-11H2,1-2H3. The second-order valence-corrected chi connectivity index (χ2v) is 4.77. The fourth-order valence-corrected chi connectivity index (χ4v) is 2.28. The van der Waals surface area contributed by atoms with Crippen LogP contribution in [0.5, 0.6) is 11.5 Å². The molecule has 0 spiro atoms. The second-order valence-electron chi connectivity index (χ2n) is 4.77. The molecule has 1 aliphatic rings. The average Bonchev–Trinajstić information content (AvgIpc) is 2.52. The quantitative estimate of drug-likeness (QED) is 0.767. The van der Waals surface area contributed by atoms with Gasteiger partial charge in [0, 0.05) is 52.4 Å². The lowest BCUT2D eigenvalue weighted by Gasteiger charge is -2.31. The van der Waals surface area contributed by atoms with Gasteiger partial charge in [0.25, 0.3) is 0 Å². The van der Waals surface area contributed by atoms with Crippen LogP contribution in [0.1, 0.15) is 6.42 Å². The molecule has 0 unspecified atom stereocenters. The Morgan fingerprint density at radius 1 is 1.15 bits per heavy atom. The molecule has 0 aromatic heterocycles. The molecule has 0 amide bonds. The summed E-state index contributed by atoms with van der Waals surface area (Å²) in [5.74, 6) is 1.78. The smallest absolute Gasteiger partial charge is 0.142 e. The Hall–Kier alpha value is -1.46. The number of rotatable bonds is 7. The first-order valence-corrected chi connectivity index (χ1v) is 7.10. The minimum Gasteiger partial charge on any atom is -0.497 e. The van der Waals surface area contributed by atoms with Gasteiger partial charge in [0.15, 0.2) is 0 Å². The van der Waals surface area contributed by atoms with Crippen LogP contribution in [-0.2, 0) is 4.74 Å². The minimum atomic E-state index is 0.666. The molecule has 1 saturated heterocycles. The molecule has 5 heteroatoms. The maximum atomic E-state index is 5.89. The van der Waals surface area contributed by atoms with Crippen molar-refractivity contribution in [3.63, 3.8) is 0 Å². The van der Waals surface area contributed by atoms with Gasteiger partial charge in [0.2, 0.25) is 0 Å². The van der Waals surface area contributed by atoms with Crippen molar-refractivity contribution >= 4 is 5.69 Å². The molecule has 0 aliphatic carbocycles. The monoisotopic (exact) mass is 280 g/mol. The molecule has 1 aliphatic heterocycles. The van der Waals surface area contributed by atoms with Gasteiger partial charge in [-0.3, -0.25) is 0 Å². The van der Waals surface area contributed by atoms with Gasteiger partial charge < -0.3 is 24.4 Å². The summed E-state index contributed by atoms with van der Waals surface area (Å²) in [5, 5.41) is 3.36. The first-order valence-electron chi connectivity index (χ1n) is 7.10. The largest absolute Gasteiger partial charge is 0.497 e. The van der Waals surface area contributed by atoms with Crippen molar-refractivity contribution in [3.05, 3.63) is 18.2 Å². The molecule has 0 atom stereocenters. The normalized spacial score (nSPS) is 15.2. The summed E-state index contributed by atoms with van der Waals surface area (Å²) in [6, 6.07) is 5.98. The predicted molar refractivity (Wildman–Crippen MR) is 80.1 cm³/mol. The average molecular weight is 280 g/mol. The number of anilines is 1. The molecule has 5 nitrogen and oxygen atoms in total. The van der Waals surface area contributed by atoms with Gasteiger partial charge in [-0.25, -0.2) is 0 Å². The Kier molecular flexibility index (Phi) is 5.95. The van der Waals surface area contributed by atoms with E-state index in [2.05, 4.69) is 16.3 Å². The minimum absolute atomic E-state index is 0.666. The summed E-state index contributed by atoms with van der Waals surface area (Å²) in [6.45, 7) is 5.36. The van der Waals surface area contributed by atoms with Crippen LogP contribution in [-0.4, -0.2) is 53.6 Å². The lowest BCUT2D eigenvalue weighted by Crippen LogP contribution is -2.43. The van der Waals surface area contributed by atoms with Gasteiger partial charge in [-0.1, -0.05) is 0 Å². The maximum absolute atomic E-state index is 5.89.